The van der Waals surface area contributed by atoms with Gasteiger partial charge in [-0.3, -0.25) is 4.79 Å². The molecular formula is C17H24N4O2. The number of piperidine rings is 1. The largest absolute Gasteiger partial charge is 0.467 e. The number of nitrogens with one attached hydrogen (secondary N) is 1. The SMILES string of the molecule is Cc1nccn1CCN1CCC(C(=O)NCc2ccco2)CC1. The molecule has 0 aromatic carbocycles. The monoisotopic (exact) mass is 316 g/mol. The van der Waals surface area contributed by atoms with E-state index in [0.717, 1.165) is 50.6 Å². The van der Waals surface area contributed by atoms with Crippen molar-refractivity contribution in [2.24, 2.45) is 5.92 Å². The van der Waals surface area contributed by atoms with Crippen LogP contribution in [0.1, 0.15) is 24.4 Å². The summed E-state index contributed by atoms with van der Waals surface area (Å²) in [5.41, 5.74) is 0. The first kappa shape index (κ1) is 15.8. The van der Waals surface area contributed by atoms with E-state index in [2.05, 4.69) is 19.8 Å². The zero-order valence-corrected chi connectivity index (χ0v) is 13.6. The van der Waals surface area contributed by atoms with E-state index in [4.69, 9.17) is 4.42 Å². The molecule has 0 saturated carbocycles. The molecule has 3 heterocycles. The van der Waals surface area contributed by atoms with E-state index in [1.807, 2.05) is 31.5 Å². The van der Waals surface area contributed by atoms with E-state index in [1.165, 1.54) is 0 Å². The van der Waals surface area contributed by atoms with Gasteiger partial charge in [-0.2, -0.15) is 0 Å². The molecule has 1 fully saturated rings. The first-order valence-electron chi connectivity index (χ1n) is 8.22. The minimum atomic E-state index is 0.121. The van der Waals surface area contributed by atoms with Gasteiger partial charge in [-0.1, -0.05) is 0 Å². The van der Waals surface area contributed by atoms with Crippen LogP contribution in [0.2, 0.25) is 0 Å². The highest BCUT2D eigenvalue weighted by Gasteiger charge is 2.24. The predicted octanol–water partition coefficient (Wildman–Crippen LogP) is 1.81. The highest BCUT2D eigenvalue weighted by atomic mass is 16.3. The molecule has 3 rings (SSSR count). The Bertz CT molecular complexity index is 612. The summed E-state index contributed by atoms with van der Waals surface area (Å²) in [5.74, 6) is 2.12. The number of nitrogens with zero attached hydrogens (tertiary/aromatic N) is 3. The summed E-state index contributed by atoms with van der Waals surface area (Å²) in [4.78, 5) is 18.9. The number of aryl methyl sites for hydroxylation is 1. The van der Waals surface area contributed by atoms with Crippen molar-refractivity contribution in [2.45, 2.75) is 32.9 Å². The number of hydrogen-bond acceptors (Lipinski definition) is 4. The van der Waals surface area contributed by atoms with Gasteiger partial charge in [0.15, 0.2) is 0 Å². The van der Waals surface area contributed by atoms with Crippen molar-refractivity contribution < 1.29 is 9.21 Å². The fourth-order valence-corrected chi connectivity index (χ4v) is 3.04. The van der Waals surface area contributed by atoms with E-state index in [1.54, 1.807) is 6.26 Å². The average Bonchev–Trinajstić information content (AvgIpc) is 3.23. The van der Waals surface area contributed by atoms with Crippen molar-refractivity contribution in [3.8, 4) is 0 Å². The van der Waals surface area contributed by atoms with Gasteiger partial charge in [-0.05, 0) is 45.0 Å². The number of carbonyl (C=O) groups is 1. The van der Waals surface area contributed by atoms with Crippen LogP contribution in [0.3, 0.4) is 0 Å². The van der Waals surface area contributed by atoms with Crippen LogP contribution in [0, 0.1) is 12.8 Å². The minimum absolute atomic E-state index is 0.121. The highest BCUT2D eigenvalue weighted by Crippen LogP contribution is 2.17. The van der Waals surface area contributed by atoms with Crippen LogP contribution in [0.15, 0.2) is 35.2 Å². The molecule has 1 N–H and O–H groups in total. The summed E-state index contributed by atoms with van der Waals surface area (Å²) in [6.07, 6.45) is 7.33. The molecular weight excluding hydrogens is 292 g/mol. The standard InChI is InChI=1S/C17H24N4O2/c1-14-18-6-9-21(14)11-10-20-7-4-15(5-8-20)17(22)19-13-16-3-2-12-23-16/h2-3,6,9,12,15H,4-5,7-8,10-11,13H2,1H3,(H,19,22). The van der Waals surface area contributed by atoms with Gasteiger partial charge in [0.25, 0.3) is 0 Å². The lowest BCUT2D eigenvalue weighted by Gasteiger charge is -2.31. The maximum Gasteiger partial charge on any atom is 0.223 e. The van der Waals surface area contributed by atoms with Crippen LogP contribution in [0.25, 0.3) is 0 Å². The highest BCUT2D eigenvalue weighted by molar-refractivity contribution is 5.78. The van der Waals surface area contributed by atoms with Gasteiger partial charge >= 0.3 is 0 Å². The number of aromatic nitrogens is 2. The topological polar surface area (TPSA) is 63.3 Å². The smallest absolute Gasteiger partial charge is 0.223 e. The van der Waals surface area contributed by atoms with Gasteiger partial charge in [-0.15, -0.1) is 0 Å². The van der Waals surface area contributed by atoms with Crippen molar-refractivity contribution in [1.82, 2.24) is 19.8 Å². The van der Waals surface area contributed by atoms with Crippen LogP contribution in [-0.4, -0.2) is 40.0 Å². The lowest BCUT2D eigenvalue weighted by molar-refractivity contribution is -0.126. The maximum atomic E-state index is 12.2. The molecule has 2 aromatic heterocycles. The summed E-state index contributed by atoms with van der Waals surface area (Å²) in [6, 6.07) is 3.71. The number of furan rings is 1. The molecule has 6 heteroatoms. The number of likely N-dealkylation sites (tertiary alicyclic amines) is 1. The molecule has 1 aliphatic rings. The molecule has 0 aliphatic carbocycles. The first-order chi connectivity index (χ1) is 11.2. The van der Waals surface area contributed by atoms with Crippen molar-refractivity contribution in [1.29, 1.82) is 0 Å². The van der Waals surface area contributed by atoms with Crippen LogP contribution in [0.4, 0.5) is 0 Å². The molecule has 1 aliphatic heterocycles. The Balaban J connectivity index is 1.38. The summed E-state index contributed by atoms with van der Waals surface area (Å²) in [6.45, 7) is 6.43. The van der Waals surface area contributed by atoms with Crippen molar-refractivity contribution in [3.05, 3.63) is 42.4 Å². The molecule has 0 radical (unpaired) electrons. The first-order valence-corrected chi connectivity index (χ1v) is 8.22. The molecule has 124 valence electrons. The van der Waals surface area contributed by atoms with E-state index in [9.17, 15) is 4.79 Å². The number of imidazole rings is 1. The number of carbonyl (C=O) groups excluding carboxylic acids is 1. The quantitative estimate of drug-likeness (QED) is 0.883. The minimum Gasteiger partial charge on any atom is -0.467 e. The summed E-state index contributed by atoms with van der Waals surface area (Å²) < 4.78 is 7.40. The molecule has 0 unspecified atom stereocenters. The van der Waals surface area contributed by atoms with E-state index in [0.29, 0.717) is 6.54 Å². The third-order valence-corrected chi connectivity index (χ3v) is 4.56. The van der Waals surface area contributed by atoms with Crippen LogP contribution in [0.5, 0.6) is 0 Å². The molecule has 6 nitrogen and oxygen atoms in total. The Morgan fingerprint density at radius 2 is 2.22 bits per heavy atom. The van der Waals surface area contributed by atoms with Crippen molar-refractivity contribution in [3.63, 3.8) is 0 Å². The van der Waals surface area contributed by atoms with Crippen LogP contribution >= 0.6 is 0 Å². The molecule has 0 spiro atoms. The summed E-state index contributed by atoms with van der Waals surface area (Å²) >= 11 is 0. The summed E-state index contributed by atoms with van der Waals surface area (Å²) in [7, 11) is 0. The second kappa shape index (κ2) is 7.46. The lowest BCUT2D eigenvalue weighted by Crippen LogP contribution is -2.41. The lowest BCUT2D eigenvalue weighted by atomic mass is 9.96. The Morgan fingerprint density at radius 3 is 2.87 bits per heavy atom. The molecule has 1 amide bonds. The van der Waals surface area contributed by atoms with Crippen molar-refractivity contribution in [2.75, 3.05) is 19.6 Å². The van der Waals surface area contributed by atoms with Crippen molar-refractivity contribution >= 4 is 5.91 Å². The zero-order chi connectivity index (χ0) is 16.1. The van der Waals surface area contributed by atoms with E-state index < -0.39 is 0 Å². The van der Waals surface area contributed by atoms with Crippen LogP contribution < -0.4 is 5.32 Å². The second-order valence-electron chi connectivity index (χ2n) is 6.08. The molecule has 0 bridgehead atoms. The molecule has 2 aromatic rings. The molecule has 0 atom stereocenters. The third kappa shape index (κ3) is 4.22. The Hall–Kier alpha value is -2.08. The molecule has 1 saturated heterocycles. The third-order valence-electron chi connectivity index (χ3n) is 4.56. The van der Waals surface area contributed by atoms with Gasteiger partial charge < -0.3 is 19.2 Å². The van der Waals surface area contributed by atoms with E-state index >= 15 is 0 Å². The average molecular weight is 316 g/mol. The summed E-state index contributed by atoms with van der Waals surface area (Å²) in [5, 5.41) is 2.97. The van der Waals surface area contributed by atoms with Gasteiger partial charge in [0.1, 0.15) is 11.6 Å². The fraction of sp³-hybridized carbons (Fsp3) is 0.529. The van der Waals surface area contributed by atoms with Gasteiger partial charge in [0.2, 0.25) is 5.91 Å². The normalized spacial score (nSPS) is 16.6. The van der Waals surface area contributed by atoms with Gasteiger partial charge in [0.05, 0.1) is 12.8 Å². The Labute approximate surface area is 136 Å². The Morgan fingerprint density at radius 1 is 1.39 bits per heavy atom. The van der Waals surface area contributed by atoms with Crippen LogP contribution in [-0.2, 0) is 17.9 Å². The molecule has 23 heavy (non-hydrogen) atoms. The Kier molecular flexibility index (Phi) is 5.12. The maximum absolute atomic E-state index is 12.2. The zero-order valence-electron chi connectivity index (χ0n) is 13.6. The predicted molar refractivity (Wildman–Crippen MR) is 86.7 cm³/mol. The number of rotatable bonds is 6. The van der Waals surface area contributed by atoms with Gasteiger partial charge in [-0.25, -0.2) is 4.98 Å². The number of hydrogen-bond donors (Lipinski definition) is 1. The van der Waals surface area contributed by atoms with E-state index in [-0.39, 0.29) is 11.8 Å². The number of amides is 1. The van der Waals surface area contributed by atoms with Gasteiger partial charge in [0, 0.05) is 31.4 Å². The fourth-order valence-electron chi connectivity index (χ4n) is 3.04. The second-order valence-corrected chi connectivity index (χ2v) is 6.08.